The number of hydrogen-bond donors (Lipinski definition) is 1. The number of aryl methyl sites for hydroxylation is 2. The molecule has 1 aromatic carbocycles. The molecule has 0 saturated carbocycles. The standard InChI is InChI=1S/C16H26O/c1-6-14(7-2)11-16(5,17)15-10-12(3)8-9-13(15)4/h8-10,14,17H,6-7,11H2,1-5H3. The lowest BCUT2D eigenvalue weighted by Crippen LogP contribution is -2.26. The van der Waals surface area contributed by atoms with Crippen LogP contribution in [0.1, 0.15) is 56.7 Å². The van der Waals surface area contributed by atoms with E-state index in [1.165, 1.54) is 11.1 Å². The largest absolute Gasteiger partial charge is 0.385 e. The summed E-state index contributed by atoms with van der Waals surface area (Å²) in [5.41, 5.74) is 2.79. The lowest BCUT2D eigenvalue weighted by molar-refractivity contribution is 0.0279. The van der Waals surface area contributed by atoms with Crippen LogP contribution in [0.15, 0.2) is 18.2 Å². The van der Waals surface area contributed by atoms with Gasteiger partial charge in [-0.05, 0) is 44.2 Å². The van der Waals surface area contributed by atoms with E-state index in [0.717, 1.165) is 24.8 Å². The molecule has 1 nitrogen and oxygen atoms in total. The third kappa shape index (κ3) is 3.57. The Bertz CT molecular complexity index is 362. The van der Waals surface area contributed by atoms with Gasteiger partial charge in [-0.3, -0.25) is 0 Å². The molecule has 0 fully saturated rings. The molecule has 0 radical (unpaired) electrons. The molecule has 1 rings (SSSR count). The van der Waals surface area contributed by atoms with E-state index in [2.05, 4.69) is 45.9 Å². The molecule has 0 amide bonds. The smallest absolute Gasteiger partial charge is 0.0873 e. The van der Waals surface area contributed by atoms with Crippen LogP contribution < -0.4 is 0 Å². The van der Waals surface area contributed by atoms with E-state index in [1.807, 2.05) is 6.92 Å². The van der Waals surface area contributed by atoms with Crippen LogP contribution >= 0.6 is 0 Å². The van der Waals surface area contributed by atoms with Crippen LogP contribution in [0, 0.1) is 19.8 Å². The highest BCUT2D eigenvalue weighted by Crippen LogP contribution is 2.33. The van der Waals surface area contributed by atoms with Crippen molar-refractivity contribution >= 4 is 0 Å². The van der Waals surface area contributed by atoms with E-state index in [0.29, 0.717) is 5.92 Å². The first-order chi connectivity index (χ1) is 7.90. The monoisotopic (exact) mass is 234 g/mol. The van der Waals surface area contributed by atoms with E-state index in [-0.39, 0.29) is 0 Å². The summed E-state index contributed by atoms with van der Waals surface area (Å²) in [7, 11) is 0. The summed E-state index contributed by atoms with van der Waals surface area (Å²) in [6.45, 7) is 10.5. The average molecular weight is 234 g/mol. The highest BCUT2D eigenvalue weighted by molar-refractivity contribution is 5.34. The summed E-state index contributed by atoms with van der Waals surface area (Å²) in [4.78, 5) is 0. The fourth-order valence-corrected chi connectivity index (χ4v) is 2.57. The lowest BCUT2D eigenvalue weighted by atomic mass is 9.81. The SMILES string of the molecule is CCC(CC)CC(C)(O)c1cc(C)ccc1C. The minimum absolute atomic E-state index is 0.602. The zero-order chi connectivity index (χ0) is 13.1. The Balaban J connectivity index is 2.99. The Hall–Kier alpha value is -0.820. The molecule has 1 atom stereocenters. The van der Waals surface area contributed by atoms with Crippen molar-refractivity contribution in [2.45, 2.75) is 59.5 Å². The van der Waals surface area contributed by atoms with Crippen LogP contribution in [0.3, 0.4) is 0 Å². The first-order valence-electron chi connectivity index (χ1n) is 6.70. The van der Waals surface area contributed by atoms with Crippen molar-refractivity contribution < 1.29 is 5.11 Å². The number of aliphatic hydroxyl groups is 1. The Labute approximate surface area is 106 Å². The second-order valence-corrected chi connectivity index (χ2v) is 5.48. The zero-order valence-corrected chi connectivity index (χ0v) is 11.9. The predicted molar refractivity (Wildman–Crippen MR) is 74.2 cm³/mol. The van der Waals surface area contributed by atoms with Gasteiger partial charge in [0.2, 0.25) is 0 Å². The van der Waals surface area contributed by atoms with E-state index in [9.17, 15) is 5.11 Å². The first kappa shape index (κ1) is 14.2. The van der Waals surface area contributed by atoms with E-state index in [4.69, 9.17) is 0 Å². The van der Waals surface area contributed by atoms with Gasteiger partial charge in [-0.15, -0.1) is 0 Å². The summed E-state index contributed by atoms with van der Waals surface area (Å²) in [5.74, 6) is 0.602. The van der Waals surface area contributed by atoms with Crippen LogP contribution in [-0.2, 0) is 5.60 Å². The van der Waals surface area contributed by atoms with Crippen molar-refractivity contribution in [3.63, 3.8) is 0 Å². The van der Waals surface area contributed by atoms with Crippen LogP contribution in [0.25, 0.3) is 0 Å². The number of rotatable bonds is 5. The molecular weight excluding hydrogens is 208 g/mol. The maximum absolute atomic E-state index is 10.7. The minimum Gasteiger partial charge on any atom is -0.385 e. The molecule has 0 aliphatic rings. The molecular formula is C16H26O. The van der Waals surface area contributed by atoms with E-state index < -0.39 is 5.60 Å². The fraction of sp³-hybridized carbons (Fsp3) is 0.625. The lowest BCUT2D eigenvalue weighted by Gasteiger charge is -2.30. The molecule has 0 aliphatic carbocycles. The molecule has 1 aromatic rings. The molecule has 1 unspecified atom stereocenters. The van der Waals surface area contributed by atoms with Gasteiger partial charge in [0.25, 0.3) is 0 Å². The molecule has 1 heteroatoms. The van der Waals surface area contributed by atoms with Crippen molar-refractivity contribution in [3.05, 3.63) is 34.9 Å². The Kier molecular flexibility index (Phi) is 4.76. The Morgan fingerprint density at radius 1 is 1.18 bits per heavy atom. The first-order valence-corrected chi connectivity index (χ1v) is 6.70. The maximum atomic E-state index is 10.7. The van der Waals surface area contributed by atoms with Gasteiger partial charge < -0.3 is 5.11 Å². The predicted octanol–water partition coefficient (Wildman–Crippen LogP) is 4.34. The molecule has 96 valence electrons. The molecule has 0 heterocycles. The second kappa shape index (κ2) is 5.68. The van der Waals surface area contributed by atoms with Crippen LogP contribution in [0.4, 0.5) is 0 Å². The normalized spacial score (nSPS) is 15.0. The highest BCUT2D eigenvalue weighted by atomic mass is 16.3. The van der Waals surface area contributed by atoms with Crippen molar-refractivity contribution in [2.24, 2.45) is 5.92 Å². The van der Waals surface area contributed by atoms with Crippen LogP contribution in [0.5, 0.6) is 0 Å². The molecule has 0 spiro atoms. The summed E-state index contributed by atoms with van der Waals surface area (Å²) < 4.78 is 0. The second-order valence-electron chi connectivity index (χ2n) is 5.48. The summed E-state index contributed by atoms with van der Waals surface area (Å²) in [6.07, 6.45) is 3.12. The van der Waals surface area contributed by atoms with Gasteiger partial charge in [0.05, 0.1) is 5.60 Å². The van der Waals surface area contributed by atoms with Gasteiger partial charge in [0.15, 0.2) is 0 Å². The van der Waals surface area contributed by atoms with Gasteiger partial charge in [-0.1, -0.05) is 50.5 Å². The Morgan fingerprint density at radius 3 is 2.29 bits per heavy atom. The van der Waals surface area contributed by atoms with Gasteiger partial charge in [0.1, 0.15) is 0 Å². The average Bonchev–Trinajstić information content (AvgIpc) is 2.29. The minimum atomic E-state index is -0.702. The highest BCUT2D eigenvalue weighted by Gasteiger charge is 2.27. The van der Waals surface area contributed by atoms with E-state index >= 15 is 0 Å². The maximum Gasteiger partial charge on any atom is 0.0873 e. The fourth-order valence-electron chi connectivity index (χ4n) is 2.57. The molecule has 0 aromatic heterocycles. The third-order valence-corrected chi connectivity index (χ3v) is 3.81. The van der Waals surface area contributed by atoms with E-state index in [1.54, 1.807) is 0 Å². The van der Waals surface area contributed by atoms with Crippen molar-refractivity contribution in [3.8, 4) is 0 Å². The molecule has 0 saturated heterocycles. The summed E-state index contributed by atoms with van der Waals surface area (Å²) in [6, 6.07) is 6.33. The van der Waals surface area contributed by atoms with Crippen molar-refractivity contribution in [1.82, 2.24) is 0 Å². The van der Waals surface area contributed by atoms with Gasteiger partial charge in [-0.2, -0.15) is 0 Å². The zero-order valence-electron chi connectivity index (χ0n) is 11.9. The third-order valence-electron chi connectivity index (χ3n) is 3.81. The number of hydrogen-bond acceptors (Lipinski definition) is 1. The van der Waals surface area contributed by atoms with Crippen LogP contribution in [-0.4, -0.2) is 5.11 Å². The molecule has 0 aliphatic heterocycles. The van der Waals surface area contributed by atoms with Crippen molar-refractivity contribution in [2.75, 3.05) is 0 Å². The molecule has 1 N–H and O–H groups in total. The van der Waals surface area contributed by atoms with Gasteiger partial charge in [-0.25, -0.2) is 0 Å². The van der Waals surface area contributed by atoms with Crippen molar-refractivity contribution in [1.29, 1.82) is 0 Å². The summed E-state index contributed by atoms with van der Waals surface area (Å²) >= 11 is 0. The van der Waals surface area contributed by atoms with Gasteiger partial charge in [0, 0.05) is 0 Å². The molecule has 0 bridgehead atoms. The number of benzene rings is 1. The topological polar surface area (TPSA) is 20.2 Å². The summed E-state index contributed by atoms with van der Waals surface area (Å²) in [5, 5.41) is 10.7. The van der Waals surface area contributed by atoms with Crippen LogP contribution in [0.2, 0.25) is 0 Å². The molecule has 17 heavy (non-hydrogen) atoms. The quantitative estimate of drug-likeness (QED) is 0.803. The van der Waals surface area contributed by atoms with Gasteiger partial charge >= 0.3 is 0 Å². The Morgan fingerprint density at radius 2 is 1.76 bits per heavy atom.